The second kappa shape index (κ2) is 7.74. The van der Waals surface area contributed by atoms with E-state index in [0.717, 1.165) is 36.3 Å². The predicted molar refractivity (Wildman–Crippen MR) is 101 cm³/mol. The van der Waals surface area contributed by atoms with Crippen molar-refractivity contribution in [1.29, 1.82) is 0 Å². The molecule has 0 radical (unpaired) electrons. The zero-order chi connectivity index (χ0) is 17.8. The Morgan fingerprint density at radius 2 is 1.30 bits per heavy atom. The quantitative estimate of drug-likeness (QED) is 0.725. The fourth-order valence-corrected chi connectivity index (χ4v) is 10.8. The Morgan fingerprint density at radius 3 is 1.65 bits per heavy atom. The number of H-pyrrole nitrogens is 1. The molecule has 0 saturated carbocycles. The van der Waals surface area contributed by atoms with Gasteiger partial charge in [0.1, 0.15) is 8.07 Å². The van der Waals surface area contributed by atoms with Gasteiger partial charge in [0.05, 0.1) is 0 Å². The maximum atomic E-state index is 15.0. The van der Waals surface area contributed by atoms with Crippen LogP contribution in [0.1, 0.15) is 41.5 Å². The molecular weight excluding hydrogens is 327 g/mol. The molecule has 0 unspecified atom stereocenters. The number of nitrogens with one attached hydrogen (secondary N) is 1. The lowest BCUT2D eigenvalue weighted by atomic mass is 10.6. The van der Waals surface area contributed by atoms with E-state index in [1.165, 1.54) is 4.23 Å². The van der Waals surface area contributed by atoms with Gasteiger partial charge in [0, 0.05) is 5.32 Å². The molecule has 7 heteroatoms. The lowest BCUT2D eigenvalue weighted by molar-refractivity contribution is 0.596. The minimum absolute atomic E-state index is 0.336. The number of halogens is 1. The number of rotatable bonds is 8. The average Bonchev–Trinajstić information content (AvgIpc) is 2.58. The normalized spacial score (nSPS) is 12.7. The first-order chi connectivity index (χ1) is 10.8. The first kappa shape index (κ1) is 20.1. The SMILES string of the molecule is CC[Si](CC)(CC)c1[nH]c(=O)n([Si](CC)(CC)CC)c(=O)c1F. The Kier molecular flexibility index (Phi) is 6.76. The van der Waals surface area contributed by atoms with Crippen molar-refractivity contribution in [3.8, 4) is 0 Å². The topological polar surface area (TPSA) is 54.9 Å². The van der Waals surface area contributed by atoms with Gasteiger partial charge in [-0.15, -0.1) is 0 Å². The number of hydrogen-bond donors (Lipinski definition) is 1. The summed E-state index contributed by atoms with van der Waals surface area (Å²) in [5, 5.41) is 0.336. The Morgan fingerprint density at radius 1 is 0.870 bits per heavy atom. The Hall–Kier alpha value is -0.956. The van der Waals surface area contributed by atoms with Gasteiger partial charge in [0.25, 0.3) is 5.56 Å². The molecule has 0 aliphatic heterocycles. The van der Waals surface area contributed by atoms with Crippen molar-refractivity contribution in [3.63, 3.8) is 0 Å². The highest BCUT2D eigenvalue weighted by molar-refractivity contribution is 6.91. The Balaban J connectivity index is 3.78. The molecular formula is C16H31FN2O2Si2. The summed E-state index contributed by atoms with van der Waals surface area (Å²) in [5.74, 6) is -0.700. The van der Waals surface area contributed by atoms with Crippen molar-refractivity contribution in [1.82, 2.24) is 9.22 Å². The summed E-state index contributed by atoms with van der Waals surface area (Å²) in [4.78, 5) is 28.3. The summed E-state index contributed by atoms with van der Waals surface area (Å²) in [6.07, 6.45) is 0. The number of nitrogens with zero attached hydrogens (tertiary/aromatic N) is 1. The smallest absolute Gasteiger partial charge is 0.313 e. The van der Waals surface area contributed by atoms with E-state index in [1.54, 1.807) is 0 Å². The third-order valence-corrected chi connectivity index (χ3v) is 16.8. The molecule has 0 fully saturated rings. The van der Waals surface area contributed by atoms with Gasteiger partial charge in [-0.2, -0.15) is 4.39 Å². The first-order valence-electron chi connectivity index (χ1n) is 8.88. The summed E-state index contributed by atoms with van der Waals surface area (Å²) in [6, 6.07) is 4.77. The van der Waals surface area contributed by atoms with E-state index >= 15 is 0 Å². The minimum atomic E-state index is -2.29. The lowest BCUT2D eigenvalue weighted by Gasteiger charge is -2.32. The van der Waals surface area contributed by atoms with Crippen LogP contribution in [0.4, 0.5) is 4.39 Å². The van der Waals surface area contributed by atoms with E-state index in [9.17, 15) is 14.0 Å². The van der Waals surface area contributed by atoms with Crippen molar-refractivity contribution >= 4 is 21.6 Å². The van der Waals surface area contributed by atoms with Gasteiger partial charge in [-0.3, -0.25) is 9.03 Å². The van der Waals surface area contributed by atoms with Gasteiger partial charge in [-0.25, -0.2) is 4.79 Å². The highest BCUT2D eigenvalue weighted by Gasteiger charge is 2.39. The molecule has 0 aliphatic carbocycles. The second-order valence-corrected chi connectivity index (χ2v) is 16.6. The van der Waals surface area contributed by atoms with Crippen molar-refractivity contribution < 1.29 is 4.39 Å². The summed E-state index contributed by atoms with van der Waals surface area (Å²) in [5.41, 5.74) is -1.08. The predicted octanol–water partition coefficient (Wildman–Crippen LogP) is 3.24. The van der Waals surface area contributed by atoms with Crippen LogP contribution in [0.5, 0.6) is 0 Å². The fourth-order valence-electron chi connectivity index (χ4n) is 3.82. The van der Waals surface area contributed by atoms with E-state index in [2.05, 4.69) is 4.98 Å². The molecule has 0 aromatic carbocycles. The van der Waals surface area contributed by atoms with Gasteiger partial charge < -0.3 is 4.98 Å². The zero-order valence-corrected chi connectivity index (χ0v) is 17.4. The maximum Gasteiger partial charge on any atom is 0.320 e. The summed E-state index contributed by atoms with van der Waals surface area (Å²) in [6.45, 7) is 12.1. The molecule has 1 aromatic rings. The molecule has 1 aromatic heterocycles. The van der Waals surface area contributed by atoms with E-state index in [4.69, 9.17) is 0 Å². The molecule has 0 spiro atoms. The number of aromatic nitrogens is 2. The first-order valence-corrected chi connectivity index (χ1v) is 14.1. The molecule has 23 heavy (non-hydrogen) atoms. The molecule has 0 aliphatic rings. The lowest BCUT2D eigenvalue weighted by Crippen LogP contribution is -2.62. The van der Waals surface area contributed by atoms with Gasteiger partial charge in [0.15, 0.2) is 8.24 Å². The molecule has 0 bridgehead atoms. The molecule has 1 heterocycles. The highest BCUT2D eigenvalue weighted by Crippen LogP contribution is 2.21. The third-order valence-electron chi connectivity index (χ3n) is 6.05. The minimum Gasteiger partial charge on any atom is -0.313 e. The van der Waals surface area contributed by atoms with Crippen molar-refractivity contribution in [3.05, 3.63) is 26.7 Å². The molecule has 4 nitrogen and oxygen atoms in total. The largest absolute Gasteiger partial charge is 0.320 e. The summed E-state index contributed by atoms with van der Waals surface area (Å²) >= 11 is 0. The molecule has 1 N–H and O–H groups in total. The fraction of sp³-hybridized carbons (Fsp3) is 0.750. The summed E-state index contributed by atoms with van der Waals surface area (Å²) < 4.78 is 16.3. The molecule has 0 saturated heterocycles. The summed E-state index contributed by atoms with van der Waals surface area (Å²) in [7, 11) is -4.43. The van der Waals surface area contributed by atoms with Crippen LogP contribution in [0.15, 0.2) is 9.59 Å². The van der Waals surface area contributed by atoms with Crippen LogP contribution in [0, 0.1) is 5.82 Å². The maximum absolute atomic E-state index is 15.0. The van der Waals surface area contributed by atoms with Crippen LogP contribution in [0.2, 0.25) is 36.3 Å². The van der Waals surface area contributed by atoms with Crippen molar-refractivity contribution in [2.24, 2.45) is 0 Å². The zero-order valence-electron chi connectivity index (χ0n) is 15.4. The van der Waals surface area contributed by atoms with Crippen molar-refractivity contribution in [2.45, 2.75) is 77.8 Å². The van der Waals surface area contributed by atoms with E-state index in [1.807, 2.05) is 41.5 Å². The molecule has 0 amide bonds. The van der Waals surface area contributed by atoms with Gasteiger partial charge in [-0.05, 0) is 18.1 Å². The van der Waals surface area contributed by atoms with Gasteiger partial charge in [0.2, 0.25) is 5.82 Å². The second-order valence-electron chi connectivity index (χ2n) is 6.39. The van der Waals surface area contributed by atoms with Crippen LogP contribution in [0.25, 0.3) is 0 Å². The van der Waals surface area contributed by atoms with Crippen LogP contribution < -0.4 is 16.6 Å². The Labute approximate surface area is 140 Å². The van der Waals surface area contributed by atoms with Crippen LogP contribution in [-0.2, 0) is 0 Å². The number of aromatic amines is 1. The van der Waals surface area contributed by atoms with E-state index in [-0.39, 0.29) is 0 Å². The molecule has 0 atom stereocenters. The van der Waals surface area contributed by atoms with E-state index in [0.29, 0.717) is 5.32 Å². The van der Waals surface area contributed by atoms with E-state index < -0.39 is 33.4 Å². The standard InChI is InChI=1S/C16H31FN2O2Si2/c1-7-22(8-2,9-3)14-13(17)15(20)19(16(21)18-14)23(10-4,11-5)12-6/h7-12H2,1-6H3,(H,18,21). The van der Waals surface area contributed by atoms with Crippen LogP contribution >= 0.6 is 0 Å². The average molecular weight is 359 g/mol. The van der Waals surface area contributed by atoms with Crippen LogP contribution in [0.3, 0.4) is 0 Å². The van der Waals surface area contributed by atoms with Crippen LogP contribution in [-0.4, -0.2) is 25.5 Å². The highest BCUT2D eigenvalue weighted by atomic mass is 28.3. The van der Waals surface area contributed by atoms with Gasteiger partial charge >= 0.3 is 5.69 Å². The van der Waals surface area contributed by atoms with Gasteiger partial charge in [-0.1, -0.05) is 59.7 Å². The number of hydrogen-bond acceptors (Lipinski definition) is 2. The third kappa shape index (κ3) is 3.17. The molecule has 132 valence electrons. The monoisotopic (exact) mass is 358 g/mol. The molecule has 1 rings (SSSR count). The Bertz CT molecular complexity index is 630. The van der Waals surface area contributed by atoms with Crippen molar-refractivity contribution in [2.75, 3.05) is 0 Å².